The Hall–Kier alpha value is -1.22. The number of benzene rings is 1. The van der Waals surface area contributed by atoms with Crippen LogP contribution >= 0.6 is 11.6 Å². The maximum atomic E-state index is 11.7. The van der Waals surface area contributed by atoms with Crippen LogP contribution in [0, 0.1) is 0 Å². The molecule has 0 aliphatic rings. The number of carbonyl (C=O) groups excluding carboxylic acids is 1. The Morgan fingerprint density at radius 2 is 2.25 bits per heavy atom. The smallest absolute Gasteiger partial charge is 0.226 e. The van der Waals surface area contributed by atoms with Crippen molar-refractivity contribution in [3.05, 3.63) is 29.8 Å². The first kappa shape index (κ1) is 12.8. The minimum Gasteiger partial charge on any atom is -0.508 e. The number of nitrogens with zero attached hydrogens (tertiary/aromatic N) is 1. The number of hydrogen-bond donors (Lipinski definition) is 1. The standard InChI is InChI=1S/C12H16ClNO2/c1-9(13)8-14(2)12(16)7-10-4-3-5-11(15)6-10/h3-6,9,15H,7-8H2,1-2H3. The van der Waals surface area contributed by atoms with Crippen molar-refractivity contribution >= 4 is 17.5 Å². The van der Waals surface area contributed by atoms with Gasteiger partial charge in [-0.15, -0.1) is 11.6 Å². The number of likely N-dealkylation sites (N-methyl/N-ethyl adjacent to an activating group) is 1. The van der Waals surface area contributed by atoms with Gasteiger partial charge < -0.3 is 10.0 Å². The second kappa shape index (κ2) is 5.75. The van der Waals surface area contributed by atoms with E-state index in [1.807, 2.05) is 13.0 Å². The molecule has 1 amide bonds. The summed E-state index contributed by atoms with van der Waals surface area (Å²) in [6, 6.07) is 6.71. The molecule has 4 heteroatoms. The van der Waals surface area contributed by atoms with Gasteiger partial charge in [0, 0.05) is 19.0 Å². The Balaban J connectivity index is 2.57. The lowest BCUT2D eigenvalue weighted by molar-refractivity contribution is -0.129. The summed E-state index contributed by atoms with van der Waals surface area (Å²) in [6.45, 7) is 2.37. The first-order chi connectivity index (χ1) is 7.49. The van der Waals surface area contributed by atoms with E-state index in [2.05, 4.69) is 0 Å². The van der Waals surface area contributed by atoms with Gasteiger partial charge in [0.1, 0.15) is 5.75 Å². The molecule has 0 fully saturated rings. The molecule has 88 valence electrons. The van der Waals surface area contributed by atoms with Gasteiger partial charge >= 0.3 is 0 Å². The fourth-order valence-corrected chi connectivity index (χ4v) is 1.66. The van der Waals surface area contributed by atoms with E-state index in [-0.39, 0.29) is 23.5 Å². The zero-order chi connectivity index (χ0) is 12.1. The van der Waals surface area contributed by atoms with E-state index in [1.165, 1.54) is 0 Å². The van der Waals surface area contributed by atoms with Gasteiger partial charge in [-0.1, -0.05) is 12.1 Å². The molecule has 1 rings (SSSR count). The zero-order valence-electron chi connectivity index (χ0n) is 9.48. The number of hydrogen-bond acceptors (Lipinski definition) is 2. The zero-order valence-corrected chi connectivity index (χ0v) is 10.2. The van der Waals surface area contributed by atoms with Crippen LogP contribution in [0.3, 0.4) is 0 Å². The summed E-state index contributed by atoms with van der Waals surface area (Å²) in [5.41, 5.74) is 0.805. The number of phenolic OH excluding ortho intramolecular Hbond substituents is 1. The van der Waals surface area contributed by atoms with E-state index < -0.39 is 0 Å². The fourth-order valence-electron chi connectivity index (χ4n) is 1.46. The average molecular weight is 242 g/mol. The molecule has 0 heterocycles. The van der Waals surface area contributed by atoms with Crippen LogP contribution < -0.4 is 0 Å². The summed E-state index contributed by atoms with van der Waals surface area (Å²) >= 11 is 5.81. The number of alkyl halides is 1. The van der Waals surface area contributed by atoms with Crippen molar-refractivity contribution < 1.29 is 9.90 Å². The van der Waals surface area contributed by atoms with Crippen molar-refractivity contribution in [1.82, 2.24) is 4.90 Å². The molecule has 3 nitrogen and oxygen atoms in total. The van der Waals surface area contributed by atoms with Crippen LogP contribution in [-0.4, -0.2) is 34.9 Å². The molecular formula is C12H16ClNO2. The lowest BCUT2D eigenvalue weighted by atomic mass is 10.1. The minimum absolute atomic E-state index is 0.00176. The number of halogens is 1. The highest BCUT2D eigenvalue weighted by Gasteiger charge is 2.11. The molecule has 1 N–H and O–H groups in total. The molecule has 0 saturated heterocycles. The van der Waals surface area contributed by atoms with Crippen LogP contribution in [0.1, 0.15) is 12.5 Å². The third kappa shape index (κ3) is 4.11. The van der Waals surface area contributed by atoms with Gasteiger partial charge in [0.25, 0.3) is 0 Å². The number of aromatic hydroxyl groups is 1. The monoisotopic (exact) mass is 241 g/mol. The summed E-state index contributed by atoms with van der Waals surface area (Å²) in [7, 11) is 1.73. The van der Waals surface area contributed by atoms with E-state index in [0.29, 0.717) is 6.54 Å². The topological polar surface area (TPSA) is 40.5 Å². The third-order valence-corrected chi connectivity index (χ3v) is 2.36. The van der Waals surface area contributed by atoms with E-state index in [1.54, 1.807) is 30.1 Å². The molecule has 1 aromatic carbocycles. The first-order valence-corrected chi connectivity index (χ1v) is 5.58. The lowest BCUT2D eigenvalue weighted by Crippen LogP contribution is -2.32. The van der Waals surface area contributed by atoms with Crippen molar-refractivity contribution in [3.63, 3.8) is 0 Å². The number of rotatable bonds is 4. The van der Waals surface area contributed by atoms with E-state index in [4.69, 9.17) is 11.6 Å². The van der Waals surface area contributed by atoms with E-state index in [0.717, 1.165) is 5.56 Å². The van der Waals surface area contributed by atoms with Gasteiger partial charge in [-0.2, -0.15) is 0 Å². The van der Waals surface area contributed by atoms with Gasteiger partial charge in [0.15, 0.2) is 0 Å². The number of carbonyl (C=O) groups is 1. The summed E-state index contributed by atoms with van der Waals surface area (Å²) in [6.07, 6.45) is 0.286. The van der Waals surface area contributed by atoms with Gasteiger partial charge in [0.05, 0.1) is 6.42 Å². The highest BCUT2D eigenvalue weighted by atomic mass is 35.5. The van der Waals surface area contributed by atoms with Crippen molar-refractivity contribution in [1.29, 1.82) is 0 Å². The number of phenols is 1. The number of amides is 1. The highest BCUT2D eigenvalue weighted by Crippen LogP contribution is 2.12. The SMILES string of the molecule is CC(Cl)CN(C)C(=O)Cc1cccc(O)c1. The van der Waals surface area contributed by atoms with Gasteiger partial charge in [-0.3, -0.25) is 4.79 Å². The van der Waals surface area contributed by atoms with Gasteiger partial charge in [0.2, 0.25) is 5.91 Å². The van der Waals surface area contributed by atoms with Gasteiger partial charge in [-0.05, 0) is 24.6 Å². The summed E-state index contributed by atoms with van der Waals surface area (Å²) < 4.78 is 0. The molecule has 0 aromatic heterocycles. The largest absolute Gasteiger partial charge is 0.508 e. The molecular weight excluding hydrogens is 226 g/mol. The minimum atomic E-state index is -0.0573. The predicted octanol–water partition coefficient (Wildman–Crippen LogP) is 2.02. The molecule has 0 aliphatic heterocycles. The molecule has 1 atom stereocenters. The Labute approximate surface area is 101 Å². The fraction of sp³-hybridized carbons (Fsp3) is 0.417. The van der Waals surface area contributed by atoms with Crippen LogP contribution in [0.4, 0.5) is 0 Å². The Morgan fingerprint density at radius 3 is 2.81 bits per heavy atom. The van der Waals surface area contributed by atoms with Crippen LogP contribution in [0.25, 0.3) is 0 Å². The first-order valence-electron chi connectivity index (χ1n) is 5.15. The van der Waals surface area contributed by atoms with E-state index in [9.17, 15) is 9.90 Å². The third-order valence-electron chi connectivity index (χ3n) is 2.22. The molecule has 1 unspecified atom stereocenters. The van der Waals surface area contributed by atoms with Crippen LogP contribution in [0.5, 0.6) is 5.75 Å². The molecule has 16 heavy (non-hydrogen) atoms. The predicted molar refractivity (Wildman–Crippen MR) is 64.8 cm³/mol. The summed E-state index contributed by atoms with van der Waals surface area (Å²) in [5.74, 6) is 0.178. The Bertz CT molecular complexity index is 366. The summed E-state index contributed by atoms with van der Waals surface area (Å²) in [4.78, 5) is 13.3. The lowest BCUT2D eigenvalue weighted by Gasteiger charge is -2.18. The van der Waals surface area contributed by atoms with E-state index >= 15 is 0 Å². The molecule has 0 bridgehead atoms. The quantitative estimate of drug-likeness (QED) is 0.820. The van der Waals surface area contributed by atoms with Crippen LogP contribution in [0.15, 0.2) is 24.3 Å². The summed E-state index contributed by atoms with van der Waals surface area (Å²) in [5, 5.41) is 9.21. The van der Waals surface area contributed by atoms with Crippen molar-refractivity contribution in [3.8, 4) is 5.75 Å². The molecule has 0 spiro atoms. The maximum absolute atomic E-state index is 11.7. The van der Waals surface area contributed by atoms with Gasteiger partial charge in [-0.25, -0.2) is 0 Å². The highest BCUT2D eigenvalue weighted by molar-refractivity contribution is 6.20. The van der Waals surface area contributed by atoms with Crippen molar-refractivity contribution in [2.45, 2.75) is 18.7 Å². The van der Waals surface area contributed by atoms with Crippen molar-refractivity contribution in [2.75, 3.05) is 13.6 Å². The van der Waals surface area contributed by atoms with Crippen LogP contribution in [-0.2, 0) is 11.2 Å². The Kier molecular flexibility index (Phi) is 4.62. The average Bonchev–Trinajstić information content (AvgIpc) is 2.16. The molecule has 0 radical (unpaired) electrons. The molecule has 0 saturated carbocycles. The second-order valence-corrected chi connectivity index (χ2v) is 4.65. The Morgan fingerprint density at radius 1 is 1.56 bits per heavy atom. The van der Waals surface area contributed by atoms with Crippen LogP contribution in [0.2, 0.25) is 0 Å². The normalized spacial score (nSPS) is 12.2. The van der Waals surface area contributed by atoms with Crippen molar-refractivity contribution in [2.24, 2.45) is 0 Å². The molecule has 1 aromatic rings. The molecule has 0 aliphatic carbocycles. The second-order valence-electron chi connectivity index (χ2n) is 3.90. The maximum Gasteiger partial charge on any atom is 0.226 e.